The second kappa shape index (κ2) is 5.03. The fourth-order valence-corrected chi connectivity index (χ4v) is 2.52. The largest absolute Gasteiger partial charge is 0.399 e. The minimum atomic E-state index is -4.33. The Bertz CT molecular complexity index is 757. The van der Waals surface area contributed by atoms with Crippen molar-refractivity contribution in [2.24, 2.45) is 0 Å². The molecule has 0 radical (unpaired) electrons. The van der Waals surface area contributed by atoms with E-state index in [-0.39, 0.29) is 10.6 Å². The van der Waals surface area contributed by atoms with Crippen molar-refractivity contribution in [1.82, 2.24) is 0 Å². The third-order valence-corrected chi connectivity index (χ3v) is 3.65. The number of hydrogen-bond donors (Lipinski definition) is 4. The summed E-state index contributed by atoms with van der Waals surface area (Å²) in [6.45, 7) is 1.73. The maximum absolute atomic E-state index is 11.4. The van der Waals surface area contributed by atoms with E-state index in [2.05, 4.69) is 5.32 Å². The van der Waals surface area contributed by atoms with Crippen LogP contribution in [-0.4, -0.2) is 13.0 Å². The molecule has 0 aliphatic heterocycles. The van der Waals surface area contributed by atoms with Gasteiger partial charge in [0, 0.05) is 5.69 Å². The van der Waals surface area contributed by atoms with Crippen LogP contribution in [0.1, 0.15) is 5.56 Å². The van der Waals surface area contributed by atoms with Crippen LogP contribution in [0.2, 0.25) is 0 Å². The van der Waals surface area contributed by atoms with E-state index in [9.17, 15) is 13.0 Å². The van der Waals surface area contributed by atoms with Crippen molar-refractivity contribution in [3.8, 4) is 0 Å². The Labute approximate surface area is 117 Å². The topological polar surface area (TPSA) is 118 Å². The van der Waals surface area contributed by atoms with Crippen LogP contribution in [0.5, 0.6) is 0 Å². The third kappa shape index (κ3) is 3.01. The van der Waals surface area contributed by atoms with Crippen molar-refractivity contribution in [2.75, 3.05) is 16.8 Å². The van der Waals surface area contributed by atoms with E-state index >= 15 is 0 Å². The molecule has 0 atom stereocenters. The Balaban J connectivity index is 2.49. The summed E-state index contributed by atoms with van der Waals surface area (Å²) in [4.78, 5) is -0.200. The molecule has 106 valence electrons. The normalized spacial score (nSPS) is 11.3. The van der Waals surface area contributed by atoms with E-state index in [1.807, 2.05) is 0 Å². The zero-order valence-electron chi connectivity index (χ0n) is 10.8. The molecule has 0 saturated carbocycles. The van der Waals surface area contributed by atoms with E-state index < -0.39 is 10.1 Å². The summed E-state index contributed by atoms with van der Waals surface area (Å²) in [6.07, 6.45) is 0. The van der Waals surface area contributed by atoms with Crippen LogP contribution in [0.4, 0.5) is 22.7 Å². The molecule has 2 aromatic carbocycles. The van der Waals surface area contributed by atoms with E-state index in [0.29, 0.717) is 22.6 Å². The average molecular weight is 293 g/mol. The van der Waals surface area contributed by atoms with E-state index in [1.165, 1.54) is 6.07 Å². The first-order valence-corrected chi connectivity index (χ1v) is 7.21. The van der Waals surface area contributed by atoms with Gasteiger partial charge in [-0.1, -0.05) is 6.07 Å². The molecule has 7 heteroatoms. The van der Waals surface area contributed by atoms with E-state index in [0.717, 1.165) is 0 Å². The number of nitrogens with one attached hydrogen (secondary N) is 1. The summed E-state index contributed by atoms with van der Waals surface area (Å²) < 4.78 is 32.1. The van der Waals surface area contributed by atoms with Crippen molar-refractivity contribution in [2.45, 2.75) is 11.8 Å². The zero-order valence-corrected chi connectivity index (χ0v) is 11.6. The fraction of sp³-hybridized carbons (Fsp3) is 0.0769. The smallest absolute Gasteiger partial charge is 0.296 e. The highest BCUT2D eigenvalue weighted by atomic mass is 32.2. The van der Waals surface area contributed by atoms with Gasteiger partial charge in [-0.25, -0.2) is 0 Å². The van der Waals surface area contributed by atoms with Gasteiger partial charge in [-0.3, -0.25) is 4.55 Å². The molecule has 0 bridgehead atoms. The lowest BCUT2D eigenvalue weighted by atomic mass is 10.2. The molecule has 0 aliphatic rings. The van der Waals surface area contributed by atoms with Crippen LogP contribution >= 0.6 is 0 Å². The summed E-state index contributed by atoms with van der Waals surface area (Å²) in [6, 6.07) is 9.51. The van der Waals surface area contributed by atoms with Gasteiger partial charge in [-0.05, 0) is 42.8 Å². The number of rotatable bonds is 3. The summed E-state index contributed by atoms with van der Waals surface area (Å²) in [5.41, 5.74) is 13.8. The third-order valence-electron chi connectivity index (χ3n) is 2.76. The van der Waals surface area contributed by atoms with Gasteiger partial charge in [-0.15, -0.1) is 0 Å². The fourth-order valence-electron chi connectivity index (χ4n) is 1.79. The van der Waals surface area contributed by atoms with E-state index in [4.69, 9.17) is 11.5 Å². The van der Waals surface area contributed by atoms with Crippen molar-refractivity contribution >= 4 is 32.9 Å². The SMILES string of the molecule is Cc1ccc(Nc2ccc(N)cc2N)c(S(=O)(=O)O)c1. The van der Waals surface area contributed by atoms with Gasteiger partial charge in [-0.2, -0.15) is 8.42 Å². The second-order valence-corrected chi connectivity index (χ2v) is 5.84. The lowest BCUT2D eigenvalue weighted by molar-refractivity contribution is 0.483. The number of aryl methyl sites for hydroxylation is 1. The van der Waals surface area contributed by atoms with Crippen LogP contribution in [0, 0.1) is 6.92 Å². The number of nitrogen functional groups attached to an aromatic ring is 2. The summed E-state index contributed by atoms with van der Waals surface area (Å²) in [7, 11) is -4.33. The van der Waals surface area contributed by atoms with Crippen molar-refractivity contribution < 1.29 is 13.0 Å². The molecule has 0 saturated heterocycles. The van der Waals surface area contributed by atoms with Crippen LogP contribution in [0.15, 0.2) is 41.3 Å². The van der Waals surface area contributed by atoms with Crippen LogP contribution in [0.25, 0.3) is 0 Å². The van der Waals surface area contributed by atoms with E-state index in [1.54, 1.807) is 37.3 Å². The highest BCUT2D eigenvalue weighted by Gasteiger charge is 2.16. The number of anilines is 4. The lowest BCUT2D eigenvalue weighted by Crippen LogP contribution is -2.05. The molecule has 0 aromatic heterocycles. The maximum atomic E-state index is 11.4. The molecule has 0 heterocycles. The molecule has 0 amide bonds. The quantitative estimate of drug-likeness (QED) is 0.508. The zero-order chi connectivity index (χ0) is 14.9. The van der Waals surface area contributed by atoms with Gasteiger partial charge in [0.05, 0.1) is 17.1 Å². The van der Waals surface area contributed by atoms with Gasteiger partial charge >= 0.3 is 0 Å². The molecule has 2 aromatic rings. The van der Waals surface area contributed by atoms with Crippen LogP contribution in [0.3, 0.4) is 0 Å². The monoisotopic (exact) mass is 293 g/mol. The van der Waals surface area contributed by atoms with Crippen molar-refractivity contribution in [3.05, 3.63) is 42.0 Å². The molecular formula is C13H15N3O3S. The molecule has 0 unspecified atom stereocenters. The molecule has 2 rings (SSSR count). The average Bonchev–Trinajstić information content (AvgIpc) is 2.33. The Hall–Kier alpha value is -2.25. The second-order valence-electron chi connectivity index (χ2n) is 4.45. The first kappa shape index (κ1) is 14.2. The Morgan fingerprint density at radius 1 is 1.05 bits per heavy atom. The van der Waals surface area contributed by atoms with Gasteiger partial charge in [0.15, 0.2) is 0 Å². The van der Waals surface area contributed by atoms with Gasteiger partial charge in [0.2, 0.25) is 0 Å². The lowest BCUT2D eigenvalue weighted by Gasteiger charge is -2.13. The van der Waals surface area contributed by atoms with Crippen molar-refractivity contribution in [3.63, 3.8) is 0 Å². The first-order valence-electron chi connectivity index (χ1n) is 5.77. The molecule has 0 aliphatic carbocycles. The Morgan fingerprint density at radius 2 is 1.70 bits per heavy atom. The van der Waals surface area contributed by atoms with Crippen LogP contribution in [-0.2, 0) is 10.1 Å². The Morgan fingerprint density at radius 3 is 2.30 bits per heavy atom. The molecule has 6 N–H and O–H groups in total. The van der Waals surface area contributed by atoms with Crippen LogP contribution < -0.4 is 16.8 Å². The van der Waals surface area contributed by atoms with Gasteiger partial charge < -0.3 is 16.8 Å². The Kier molecular flexibility index (Phi) is 3.56. The summed E-state index contributed by atoms with van der Waals surface area (Å²) in [5, 5.41) is 2.88. The standard InChI is InChI=1S/C13H15N3O3S/c1-8-2-4-12(13(6-8)20(17,18)19)16-11-5-3-9(14)7-10(11)15/h2-7,16H,14-15H2,1H3,(H,17,18,19). The minimum absolute atomic E-state index is 0.200. The number of benzene rings is 2. The molecule has 0 fully saturated rings. The highest BCUT2D eigenvalue weighted by molar-refractivity contribution is 7.86. The maximum Gasteiger partial charge on any atom is 0.296 e. The highest BCUT2D eigenvalue weighted by Crippen LogP contribution is 2.29. The first-order chi connectivity index (χ1) is 9.27. The number of hydrogen-bond acceptors (Lipinski definition) is 5. The van der Waals surface area contributed by atoms with Crippen molar-refractivity contribution in [1.29, 1.82) is 0 Å². The minimum Gasteiger partial charge on any atom is -0.399 e. The summed E-state index contributed by atoms with van der Waals surface area (Å²) >= 11 is 0. The molecule has 20 heavy (non-hydrogen) atoms. The number of nitrogens with two attached hydrogens (primary N) is 2. The summed E-state index contributed by atoms with van der Waals surface area (Å²) in [5.74, 6) is 0. The molecular weight excluding hydrogens is 278 g/mol. The molecule has 6 nitrogen and oxygen atoms in total. The van der Waals surface area contributed by atoms with Gasteiger partial charge in [0.1, 0.15) is 4.90 Å². The van der Waals surface area contributed by atoms with Gasteiger partial charge in [0.25, 0.3) is 10.1 Å². The molecule has 0 spiro atoms. The predicted octanol–water partition coefficient (Wildman–Crippen LogP) is 2.15. The predicted molar refractivity (Wildman–Crippen MR) is 79.5 cm³/mol.